The molecule has 3 rings (SSSR count). The Kier molecular flexibility index (Phi) is 2.53. The molecule has 0 aliphatic heterocycles. The van der Waals surface area contributed by atoms with Gasteiger partial charge in [-0.25, -0.2) is 9.97 Å². The van der Waals surface area contributed by atoms with Crippen molar-refractivity contribution in [1.29, 1.82) is 0 Å². The van der Waals surface area contributed by atoms with E-state index in [1.165, 1.54) is 25.6 Å². The quantitative estimate of drug-likeness (QED) is 0.622. The highest BCUT2D eigenvalue weighted by Gasteiger charge is 2.40. The van der Waals surface area contributed by atoms with E-state index < -0.39 is 4.92 Å². The maximum Gasteiger partial charge on any atom is 0.352 e. The van der Waals surface area contributed by atoms with E-state index in [4.69, 9.17) is 5.73 Å². The molecule has 96 valence electrons. The summed E-state index contributed by atoms with van der Waals surface area (Å²) < 4.78 is 0. The smallest absolute Gasteiger partial charge is 0.352 e. The molecule has 0 radical (unpaired) electrons. The molecule has 1 aromatic rings. The van der Waals surface area contributed by atoms with Crippen molar-refractivity contribution >= 4 is 17.3 Å². The third-order valence-corrected chi connectivity index (χ3v) is 4.09. The summed E-state index contributed by atoms with van der Waals surface area (Å²) in [5.41, 5.74) is 5.33. The number of rotatable bonds is 3. The molecule has 1 aromatic heterocycles. The van der Waals surface area contributed by atoms with Crippen LogP contribution in [0, 0.1) is 22.0 Å². The van der Waals surface area contributed by atoms with Crippen molar-refractivity contribution in [1.82, 2.24) is 9.97 Å². The van der Waals surface area contributed by atoms with Gasteiger partial charge in [0.15, 0.2) is 0 Å². The van der Waals surface area contributed by atoms with Crippen molar-refractivity contribution in [2.45, 2.75) is 31.7 Å². The van der Waals surface area contributed by atoms with Crippen molar-refractivity contribution in [3.05, 3.63) is 16.4 Å². The second-order valence-electron chi connectivity index (χ2n) is 5.14. The molecule has 3 atom stereocenters. The summed E-state index contributed by atoms with van der Waals surface area (Å²) in [5.74, 6) is 1.56. The molecular formula is C11H15N5O2. The zero-order chi connectivity index (χ0) is 12.7. The van der Waals surface area contributed by atoms with Crippen molar-refractivity contribution in [2.75, 3.05) is 11.1 Å². The van der Waals surface area contributed by atoms with Gasteiger partial charge in [0.25, 0.3) is 0 Å². The summed E-state index contributed by atoms with van der Waals surface area (Å²) in [5, 5.41) is 14.2. The lowest BCUT2D eigenvalue weighted by Gasteiger charge is -2.23. The van der Waals surface area contributed by atoms with Gasteiger partial charge in [-0.3, -0.25) is 10.1 Å². The summed E-state index contributed by atoms with van der Waals surface area (Å²) in [4.78, 5) is 18.1. The van der Waals surface area contributed by atoms with E-state index in [1.807, 2.05) is 0 Å². The molecule has 2 aliphatic rings. The maximum atomic E-state index is 11.0. The minimum Gasteiger partial charge on any atom is -0.378 e. The number of hydrogen-bond donors (Lipinski definition) is 2. The Morgan fingerprint density at radius 2 is 2.22 bits per heavy atom. The summed E-state index contributed by atoms with van der Waals surface area (Å²) in [6, 6.07) is 0.289. The molecular weight excluding hydrogens is 234 g/mol. The summed E-state index contributed by atoms with van der Waals surface area (Å²) in [7, 11) is 0. The largest absolute Gasteiger partial charge is 0.378 e. The molecule has 0 spiro atoms. The molecule has 0 amide bonds. The first kappa shape index (κ1) is 11.2. The molecule has 2 fully saturated rings. The zero-order valence-corrected chi connectivity index (χ0v) is 9.87. The van der Waals surface area contributed by atoms with Crippen LogP contribution in [-0.4, -0.2) is 20.9 Å². The molecule has 7 nitrogen and oxygen atoms in total. The van der Waals surface area contributed by atoms with Gasteiger partial charge in [0, 0.05) is 6.04 Å². The number of nitrogens with one attached hydrogen (secondary N) is 1. The summed E-state index contributed by atoms with van der Waals surface area (Å²) in [6.45, 7) is 0. The van der Waals surface area contributed by atoms with Crippen LogP contribution in [0.5, 0.6) is 0 Å². The Hall–Kier alpha value is -1.92. The number of nitrogen functional groups attached to an aromatic ring is 1. The monoisotopic (exact) mass is 249 g/mol. The first-order valence-corrected chi connectivity index (χ1v) is 6.16. The number of nitrogens with two attached hydrogens (primary N) is 1. The predicted octanol–water partition coefficient (Wildman–Crippen LogP) is 1.57. The van der Waals surface area contributed by atoms with E-state index in [1.54, 1.807) is 0 Å². The van der Waals surface area contributed by atoms with Gasteiger partial charge in [-0.1, -0.05) is 6.42 Å². The van der Waals surface area contributed by atoms with Gasteiger partial charge in [-0.05, 0) is 31.1 Å². The average Bonchev–Trinajstić information content (AvgIpc) is 2.90. The Morgan fingerprint density at radius 3 is 2.83 bits per heavy atom. The van der Waals surface area contributed by atoms with Crippen LogP contribution in [0.4, 0.5) is 17.3 Å². The van der Waals surface area contributed by atoms with E-state index in [0.717, 1.165) is 12.3 Å². The van der Waals surface area contributed by atoms with Gasteiger partial charge in [0.1, 0.15) is 6.33 Å². The topological polar surface area (TPSA) is 107 Å². The van der Waals surface area contributed by atoms with Gasteiger partial charge in [0.2, 0.25) is 11.6 Å². The lowest BCUT2D eigenvalue weighted by atomic mass is 9.95. The fourth-order valence-corrected chi connectivity index (χ4v) is 3.28. The van der Waals surface area contributed by atoms with Gasteiger partial charge < -0.3 is 11.1 Å². The van der Waals surface area contributed by atoms with E-state index in [2.05, 4.69) is 15.3 Å². The minimum atomic E-state index is -0.523. The highest BCUT2D eigenvalue weighted by molar-refractivity contribution is 5.67. The second-order valence-corrected chi connectivity index (χ2v) is 5.14. The predicted molar refractivity (Wildman–Crippen MR) is 66.0 cm³/mol. The molecule has 3 unspecified atom stereocenters. The average molecular weight is 249 g/mol. The summed E-state index contributed by atoms with van der Waals surface area (Å²) in [6.07, 6.45) is 6.06. The van der Waals surface area contributed by atoms with E-state index in [-0.39, 0.29) is 23.4 Å². The molecule has 2 bridgehead atoms. The third-order valence-electron chi connectivity index (χ3n) is 4.09. The van der Waals surface area contributed by atoms with Crippen LogP contribution in [0.3, 0.4) is 0 Å². The van der Waals surface area contributed by atoms with Crippen molar-refractivity contribution < 1.29 is 4.92 Å². The molecule has 1 heterocycles. The number of anilines is 2. The Bertz CT molecular complexity index is 492. The minimum absolute atomic E-state index is 0.0827. The standard InChI is InChI=1S/C11H15N5O2/c12-10-9(16(17)18)11(14-5-13-10)15-8-4-6-1-2-7(8)3-6/h5-8H,1-4H2,(H3,12,13,14,15). The number of nitro groups is 1. The third kappa shape index (κ3) is 1.75. The van der Waals surface area contributed by atoms with Crippen LogP contribution in [0.25, 0.3) is 0 Å². The highest BCUT2D eigenvalue weighted by Crippen LogP contribution is 2.46. The molecule has 18 heavy (non-hydrogen) atoms. The molecule has 2 aliphatic carbocycles. The van der Waals surface area contributed by atoms with Crippen LogP contribution in [0.1, 0.15) is 25.7 Å². The van der Waals surface area contributed by atoms with Crippen molar-refractivity contribution in [3.8, 4) is 0 Å². The Labute approximate surface area is 104 Å². The lowest BCUT2D eigenvalue weighted by molar-refractivity contribution is -0.383. The number of fused-ring (bicyclic) bond motifs is 2. The van der Waals surface area contributed by atoms with Gasteiger partial charge in [-0.15, -0.1) is 0 Å². The van der Waals surface area contributed by atoms with Gasteiger partial charge in [0.05, 0.1) is 4.92 Å². The highest BCUT2D eigenvalue weighted by atomic mass is 16.6. The molecule has 0 aromatic carbocycles. The first-order chi connectivity index (χ1) is 8.65. The number of nitrogens with zero attached hydrogens (tertiary/aromatic N) is 3. The number of aromatic nitrogens is 2. The van der Waals surface area contributed by atoms with E-state index in [9.17, 15) is 10.1 Å². The van der Waals surface area contributed by atoms with Gasteiger partial charge >= 0.3 is 5.69 Å². The number of hydrogen-bond acceptors (Lipinski definition) is 6. The van der Waals surface area contributed by atoms with Crippen molar-refractivity contribution in [3.63, 3.8) is 0 Å². The van der Waals surface area contributed by atoms with Crippen LogP contribution >= 0.6 is 0 Å². The summed E-state index contributed by atoms with van der Waals surface area (Å²) >= 11 is 0. The normalized spacial score (nSPS) is 29.4. The zero-order valence-electron chi connectivity index (χ0n) is 9.87. The Morgan fingerprint density at radius 1 is 1.39 bits per heavy atom. The molecule has 7 heteroatoms. The molecule has 0 saturated heterocycles. The van der Waals surface area contributed by atoms with E-state index in [0.29, 0.717) is 5.92 Å². The second kappa shape index (κ2) is 4.08. The molecule has 2 saturated carbocycles. The van der Waals surface area contributed by atoms with Crippen LogP contribution < -0.4 is 11.1 Å². The van der Waals surface area contributed by atoms with E-state index >= 15 is 0 Å². The fourth-order valence-electron chi connectivity index (χ4n) is 3.28. The first-order valence-electron chi connectivity index (χ1n) is 6.16. The van der Waals surface area contributed by atoms with Crippen LogP contribution in [0.15, 0.2) is 6.33 Å². The van der Waals surface area contributed by atoms with Crippen LogP contribution in [0.2, 0.25) is 0 Å². The van der Waals surface area contributed by atoms with Crippen molar-refractivity contribution in [2.24, 2.45) is 11.8 Å². The Balaban J connectivity index is 1.84. The van der Waals surface area contributed by atoms with Crippen LogP contribution in [-0.2, 0) is 0 Å². The fraction of sp³-hybridized carbons (Fsp3) is 0.636. The SMILES string of the molecule is Nc1ncnc(NC2CC3CCC2C3)c1[N+](=O)[O-]. The lowest BCUT2D eigenvalue weighted by Crippen LogP contribution is -2.27. The van der Waals surface area contributed by atoms with Gasteiger partial charge in [-0.2, -0.15) is 0 Å². The maximum absolute atomic E-state index is 11.0. The molecule has 3 N–H and O–H groups in total.